The Labute approximate surface area is 165 Å². The second-order valence-electron chi connectivity index (χ2n) is 6.30. The summed E-state index contributed by atoms with van der Waals surface area (Å²) in [5.74, 6) is -0.701. The Morgan fingerprint density at radius 1 is 1.38 bits per heavy atom. The topological polar surface area (TPSA) is 87.1 Å². The molecule has 10 heteroatoms. The van der Waals surface area contributed by atoms with E-state index in [1.165, 1.54) is 9.91 Å². The minimum Gasteiger partial charge on any atom is -0.309 e. The fourth-order valence-corrected chi connectivity index (χ4v) is 5.53. The Morgan fingerprint density at radius 2 is 2.12 bits per heavy atom. The molecule has 0 spiro atoms. The first-order chi connectivity index (χ1) is 12.2. The third-order valence-electron chi connectivity index (χ3n) is 4.44. The van der Waals surface area contributed by atoms with E-state index in [4.69, 9.17) is 11.6 Å². The van der Waals surface area contributed by atoms with E-state index in [1.54, 1.807) is 25.2 Å². The average Bonchev–Trinajstić information content (AvgIpc) is 2.94. The van der Waals surface area contributed by atoms with Gasteiger partial charge in [0.2, 0.25) is 5.91 Å². The molecular formula is C16H17BrClN3O4S. The van der Waals surface area contributed by atoms with Crippen LogP contribution in [0.2, 0.25) is 5.02 Å². The fourth-order valence-electron chi connectivity index (χ4n) is 3.04. The number of hydrogen-bond donors (Lipinski definition) is 0. The lowest BCUT2D eigenvalue weighted by molar-refractivity contribution is -0.133. The Balaban J connectivity index is 1.84. The van der Waals surface area contributed by atoms with E-state index in [1.807, 2.05) is 0 Å². The van der Waals surface area contributed by atoms with Gasteiger partial charge >= 0.3 is 0 Å². The highest BCUT2D eigenvalue weighted by molar-refractivity contribution is 9.10. The van der Waals surface area contributed by atoms with Crippen LogP contribution in [0, 0.1) is 0 Å². The number of benzene rings is 1. The van der Waals surface area contributed by atoms with Gasteiger partial charge in [-0.15, -0.1) is 0 Å². The largest absolute Gasteiger partial charge is 0.309 e. The summed E-state index contributed by atoms with van der Waals surface area (Å²) in [5.41, 5.74) is 0.741. The van der Waals surface area contributed by atoms with Crippen LogP contribution in [0.25, 0.3) is 0 Å². The number of hydrazone groups is 1. The molecule has 0 radical (unpaired) electrons. The zero-order valence-electron chi connectivity index (χ0n) is 14.0. The van der Waals surface area contributed by atoms with E-state index >= 15 is 0 Å². The standard InChI is InChI=1S/C16H17BrClN3O4S/c1-20(14-4-2-10(17)8-12(14)18)16(23)13-3-5-15(22)21(19-13)11-6-7-26(24,25)9-11/h2,4,8,11H,3,5-7,9H2,1H3. The fraction of sp³-hybridized carbons (Fsp3) is 0.438. The lowest BCUT2D eigenvalue weighted by atomic mass is 10.1. The first-order valence-electron chi connectivity index (χ1n) is 8.01. The van der Waals surface area contributed by atoms with Crippen molar-refractivity contribution in [3.8, 4) is 0 Å². The molecule has 0 N–H and O–H groups in total. The van der Waals surface area contributed by atoms with Gasteiger partial charge in [-0.1, -0.05) is 27.5 Å². The minimum atomic E-state index is -3.16. The van der Waals surface area contributed by atoms with Gasteiger partial charge in [0, 0.05) is 24.4 Å². The lowest BCUT2D eigenvalue weighted by Crippen LogP contribution is -2.44. The molecule has 0 bridgehead atoms. The number of nitrogens with zero attached hydrogens (tertiary/aromatic N) is 3. The third-order valence-corrected chi connectivity index (χ3v) is 6.98. The maximum Gasteiger partial charge on any atom is 0.274 e. The SMILES string of the molecule is CN(C(=O)C1=NN(C2CCS(=O)(=O)C2)C(=O)CC1)c1ccc(Br)cc1Cl. The second kappa shape index (κ2) is 7.28. The number of halogens is 2. The van der Waals surface area contributed by atoms with Gasteiger partial charge in [-0.3, -0.25) is 9.59 Å². The Bertz CT molecular complexity index is 903. The molecule has 0 saturated carbocycles. The predicted octanol–water partition coefficient (Wildman–Crippen LogP) is 2.23. The number of carbonyl (C=O) groups excluding carboxylic acids is 2. The summed E-state index contributed by atoms with van der Waals surface area (Å²) in [4.78, 5) is 26.3. The first-order valence-corrected chi connectivity index (χ1v) is 11.0. The quantitative estimate of drug-likeness (QED) is 0.689. The summed E-state index contributed by atoms with van der Waals surface area (Å²) < 4.78 is 24.2. The van der Waals surface area contributed by atoms with Crippen LogP contribution < -0.4 is 4.90 Å². The maximum atomic E-state index is 12.8. The number of anilines is 1. The summed E-state index contributed by atoms with van der Waals surface area (Å²) in [6, 6.07) is 4.66. The van der Waals surface area contributed by atoms with E-state index in [2.05, 4.69) is 21.0 Å². The highest BCUT2D eigenvalue weighted by atomic mass is 79.9. The number of carbonyl (C=O) groups is 2. The van der Waals surface area contributed by atoms with Crippen molar-refractivity contribution in [1.29, 1.82) is 0 Å². The van der Waals surface area contributed by atoms with Crippen LogP contribution in [0.15, 0.2) is 27.8 Å². The van der Waals surface area contributed by atoms with Crippen molar-refractivity contribution in [2.45, 2.75) is 25.3 Å². The molecule has 1 aromatic rings. The van der Waals surface area contributed by atoms with E-state index in [0.29, 0.717) is 17.1 Å². The molecule has 2 heterocycles. The first kappa shape index (κ1) is 19.3. The maximum absolute atomic E-state index is 12.8. The molecule has 2 aliphatic rings. The monoisotopic (exact) mass is 461 g/mol. The summed E-state index contributed by atoms with van der Waals surface area (Å²) in [6.45, 7) is 0. The Kier molecular flexibility index (Phi) is 5.41. The predicted molar refractivity (Wildman–Crippen MR) is 103 cm³/mol. The van der Waals surface area contributed by atoms with Crippen LogP contribution in [0.5, 0.6) is 0 Å². The van der Waals surface area contributed by atoms with Crippen LogP contribution in [0.3, 0.4) is 0 Å². The number of sulfone groups is 1. The van der Waals surface area contributed by atoms with Gasteiger partial charge in [0.25, 0.3) is 5.91 Å². The van der Waals surface area contributed by atoms with Crippen LogP contribution in [-0.4, -0.2) is 55.5 Å². The molecule has 1 aromatic carbocycles. The summed E-state index contributed by atoms with van der Waals surface area (Å²) in [6.07, 6.45) is 0.683. The summed E-state index contributed by atoms with van der Waals surface area (Å²) in [7, 11) is -1.57. The molecule has 1 atom stereocenters. The highest BCUT2D eigenvalue weighted by Gasteiger charge is 2.37. The van der Waals surface area contributed by atoms with Crippen molar-refractivity contribution >= 4 is 60.6 Å². The molecule has 26 heavy (non-hydrogen) atoms. The van der Waals surface area contributed by atoms with Gasteiger partial charge < -0.3 is 4.90 Å². The Hall–Kier alpha value is -1.45. The Morgan fingerprint density at radius 3 is 2.73 bits per heavy atom. The zero-order valence-corrected chi connectivity index (χ0v) is 17.1. The van der Waals surface area contributed by atoms with Crippen molar-refractivity contribution in [3.05, 3.63) is 27.7 Å². The van der Waals surface area contributed by atoms with Crippen molar-refractivity contribution in [2.75, 3.05) is 23.5 Å². The van der Waals surface area contributed by atoms with E-state index in [-0.39, 0.29) is 41.9 Å². The van der Waals surface area contributed by atoms with Crippen molar-refractivity contribution < 1.29 is 18.0 Å². The van der Waals surface area contributed by atoms with Crippen LogP contribution in [0.4, 0.5) is 5.69 Å². The zero-order chi connectivity index (χ0) is 19.1. The summed E-state index contributed by atoms with van der Waals surface area (Å²) >= 11 is 9.51. The van der Waals surface area contributed by atoms with E-state index < -0.39 is 15.9 Å². The molecule has 140 valence electrons. The molecule has 0 aliphatic carbocycles. The van der Waals surface area contributed by atoms with Gasteiger partial charge in [-0.05, 0) is 24.6 Å². The van der Waals surface area contributed by atoms with Crippen LogP contribution in [-0.2, 0) is 19.4 Å². The third kappa shape index (κ3) is 3.94. The van der Waals surface area contributed by atoms with Crippen molar-refractivity contribution in [3.63, 3.8) is 0 Å². The molecule has 0 aromatic heterocycles. The lowest BCUT2D eigenvalue weighted by Gasteiger charge is -2.29. The molecule has 1 saturated heterocycles. The van der Waals surface area contributed by atoms with Gasteiger partial charge in [-0.2, -0.15) is 5.10 Å². The van der Waals surface area contributed by atoms with Crippen molar-refractivity contribution in [1.82, 2.24) is 5.01 Å². The smallest absolute Gasteiger partial charge is 0.274 e. The highest BCUT2D eigenvalue weighted by Crippen LogP contribution is 2.29. The van der Waals surface area contributed by atoms with Crippen LogP contribution >= 0.6 is 27.5 Å². The summed E-state index contributed by atoms with van der Waals surface area (Å²) in [5, 5.41) is 5.78. The minimum absolute atomic E-state index is 0.0364. The number of amides is 2. The molecule has 2 aliphatic heterocycles. The molecule has 2 amide bonds. The van der Waals surface area contributed by atoms with Gasteiger partial charge in [0.05, 0.1) is 28.3 Å². The molecule has 1 unspecified atom stereocenters. The molecule has 7 nitrogen and oxygen atoms in total. The van der Waals surface area contributed by atoms with E-state index in [0.717, 1.165) is 4.47 Å². The van der Waals surface area contributed by atoms with E-state index in [9.17, 15) is 18.0 Å². The average molecular weight is 463 g/mol. The number of hydrogen-bond acceptors (Lipinski definition) is 5. The van der Waals surface area contributed by atoms with Gasteiger partial charge in [-0.25, -0.2) is 13.4 Å². The molecular weight excluding hydrogens is 446 g/mol. The van der Waals surface area contributed by atoms with Crippen molar-refractivity contribution in [2.24, 2.45) is 5.10 Å². The van der Waals surface area contributed by atoms with Gasteiger partial charge in [0.15, 0.2) is 9.84 Å². The molecule has 3 rings (SSSR count). The van der Waals surface area contributed by atoms with Gasteiger partial charge in [0.1, 0.15) is 5.71 Å². The normalized spacial score (nSPS) is 22.3. The molecule has 1 fully saturated rings. The second-order valence-corrected chi connectivity index (χ2v) is 9.85. The van der Waals surface area contributed by atoms with Crippen LogP contribution in [0.1, 0.15) is 19.3 Å². The number of rotatable bonds is 3.